The Morgan fingerprint density at radius 2 is 1.82 bits per heavy atom. The Bertz CT molecular complexity index is 1190. The zero-order chi connectivity index (χ0) is 23.2. The van der Waals surface area contributed by atoms with Crippen molar-refractivity contribution in [1.82, 2.24) is 10.6 Å². The fourth-order valence-corrected chi connectivity index (χ4v) is 3.17. The molecule has 3 aromatic rings. The summed E-state index contributed by atoms with van der Waals surface area (Å²) in [5.74, 6) is 1.59. The molecule has 2 heterocycles. The van der Waals surface area contributed by atoms with Gasteiger partial charge >= 0.3 is 0 Å². The van der Waals surface area contributed by atoms with Gasteiger partial charge in [-0.1, -0.05) is 6.07 Å². The van der Waals surface area contributed by atoms with E-state index in [1.165, 1.54) is 32.6 Å². The van der Waals surface area contributed by atoms with E-state index in [1.54, 1.807) is 36.4 Å². The third-order valence-electron chi connectivity index (χ3n) is 4.86. The third kappa shape index (κ3) is 5.09. The lowest BCUT2D eigenvalue weighted by Gasteiger charge is -2.13. The van der Waals surface area contributed by atoms with Gasteiger partial charge in [0.1, 0.15) is 11.5 Å². The highest BCUT2D eigenvalue weighted by Crippen LogP contribution is 2.32. The zero-order valence-corrected chi connectivity index (χ0v) is 18.0. The van der Waals surface area contributed by atoms with Gasteiger partial charge in [-0.05, 0) is 48.0 Å². The molecule has 0 unspecified atom stereocenters. The monoisotopic (exact) mass is 450 g/mol. The number of hydrogen-bond acceptors (Lipinski definition) is 7. The van der Waals surface area contributed by atoms with Crippen molar-refractivity contribution >= 4 is 17.9 Å². The number of carbonyl (C=O) groups is 2. The summed E-state index contributed by atoms with van der Waals surface area (Å²) in [5, 5.41) is 5.44. The predicted octanol–water partition coefficient (Wildman–Crippen LogP) is 3.11. The minimum Gasteiger partial charge on any atom is -0.493 e. The lowest BCUT2D eigenvalue weighted by atomic mass is 10.1. The van der Waals surface area contributed by atoms with Crippen molar-refractivity contribution in [3.63, 3.8) is 0 Å². The molecule has 1 aromatic heterocycles. The summed E-state index contributed by atoms with van der Waals surface area (Å²) < 4.78 is 26.4. The van der Waals surface area contributed by atoms with E-state index in [0.29, 0.717) is 34.3 Å². The fourth-order valence-electron chi connectivity index (χ4n) is 3.17. The van der Waals surface area contributed by atoms with E-state index in [9.17, 15) is 9.59 Å². The number of benzene rings is 2. The molecule has 33 heavy (non-hydrogen) atoms. The molecule has 2 aromatic carbocycles. The van der Waals surface area contributed by atoms with Crippen LogP contribution in [0.2, 0.25) is 0 Å². The molecule has 0 bridgehead atoms. The number of methoxy groups -OCH3 is 2. The first kappa shape index (κ1) is 21.8. The molecule has 0 atom stereocenters. The zero-order valence-electron chi connectivity index (χ0n) is 18.0. The molecule has 0 aliphatic carbocycles. The van der Waals surface area contributed by atoms with Gasteiger partial charge in [0.2, 0.25) is 6.79 Å². The maximum absolute atomic E-state index is 12.9. The molecule has 9 nitrogen and oxygen atoms in total. The molecule has 170 valence electrons. The van der Waals surface area contributed by atoms with E-state index in [4.69, 9.17) is 23.4 Å². The Morgan fingerprint density at radius 1 is 1.00 bits per heavy atom. The van der Waals surface area contributed by atoms with Gasteiger partial charge in [0.15, 0.2) is 23.0 Å². The van der Waals surface area contributed by atoms with Crippen molar-refractivity contribution in [1.29, 1.82) is 0 Å². The maximum Gasteiger partial charge on any atom is 0.268 e. The molecule has 9 heteroatoms. The number of furan rings is 1. The summed E-state index contributed by atoms with van der Waals surface area (Å²) in [4.78, 5) is 25.8. The van der Waals surface area contributed by atoms with Gasteiger partial charge in [-0.3, -0.25) is 9.59 Å². The number of hydrogen-bond donors (Lipinski definition) is 2. The van der Waals surface area contributed by atoms with Crippen LogP contribution in [0.3, 0.4) is 0 Å². The maximum atomic E-state index is 12.9. The second-order valence-corrected chi connectivity index (χ2v) is 6.97. The minimum absolute atomic E-state index is 0.0190. The lowest BCUT2D eigenvalue weighted by Crippen LogP contribution is -2.34. The first-order valence-corrected chi connectivity index (χ1v) is 10.0. The van der Waals surface area contributed by atoms with Crippen molar-refractivity contribution in [3.05, 3.63) is 77.4 Å². The van der Waals surface area contributed by atoms with Crippen LogP contribution >= 0.6 is 0 Å². The highest BCUT2D eigenvalue weighted by Gasteiger charge is 2.18. The topological polar surface area (TPSA) is 108 Å². The van der Waals surface area contributed by atoms with Crippen LogP contribution in [-0.4, -0.2) is 32.8 Å². The quantitative estimate of drug-likeness (QED) is 0.508. The summed E-state index contributed by atoms with van der Waals surface area (Å²) in [6, 6.07) is 13.5. The summed E-state index contributed by atoms with van der Waals surface area (Å²) in [6.45, 7) is 0.389. The first-order valence-electron chi connectivity index (χ1n) is 10.0. The van der Waals surface area contributed by atoms with Crippen LogP contribution in [0.5, 0.6) is 23.0 Å². The van der Waals surface area contributed by atoms with Crippen LogP contribution in [0.15, 0.2) is 64.9 Å². The average molecular weight is 450 g/mol. The molecule has 2 amide bonds. The van der Waals surface area contributed by atoms with Gasteiger partial charge in [0.05, 0.1) is 20.5 Å². The normalized spacial score (nSPS) is 12.2. The van der Waals surface area contributed by atoms with Crippen LogP contribution in [0.25, 0.3) is 6.08 Å². The molecule has 2 N–H and O–H groups in total. The Labute approximate surface area is 189 Å². The summed E-state index contributed by atoms with van der Waals surface area (Å²) in [5.41, 5.74) is 1.13. The van der Waals surface area contributed by atoms with Crippen LogP contribution < -0.4 is 29.6 Å². The van der Waals surface area contributed by atoms with Crippen LogP contribution in [0, 0.1) is 0 Å². The molecule has 4 rings (SSSR count). The number of fused-ring (bicyclic) bond motifs is 1. The van der Waals surface area contributed by atoms with E-state index in [1.807, 2.05) is 6.07 Å². The predicted molar refractivity (Wildman–Crippen MR) is 118 cm³/mol. The highest BCUT2D eigenvalue weighted by molar-refractivity contribution is 6.05. The average Bonchev–Trinajstić information content (AvgIpc) is 3.53. The fraction of sp³-hybridized carbons (Fsp3) is 0.167. The molecule has 0 fully saturated rings. The number of ether oxygens (including phenoxy) is 4. The summed E-state index contributed by atoms with van der Waals surface area (Å²) >= 11 is 0. The van der Waals surface area contributed by atoms with E-state index < -0.39 is 11.8 Å². The van der Waals surface area contributed by atoms with Crippen molar-refractivity contribution < 1.29 is 33.0 Å². The Hall–Kier alpha value is -4.40. The smallest absolute Gasteiger partial charge is 0.268 e. The number of amides is 2. The van der Waals surface area contributed by atoms with Crippen LogP contribution in [-0.2, 0) is 11.3 Å². The number of carbonyl (C=O) groups excluding carboxylic acids is 2. The number of rotatable bonds is 8. The second kappa shape index (κ2) is 9.82. The van der Waals surface area contributed by atoms with Crippen molar-refractivity contribution in [2.75, 3.05) is 21.0 Å². The lowest BCUT2D eigenvalue weighted by molar-refractivity contribution is -0.117. The Kier molecular flexibility index (Phi) is 6.49. The molecule has 0 radical (unpaired) electrons. The second-order valence-electron chi connectivity index (χ2n) is 6.97. The van der Waals surface area contributed by atoms with Gasteiger partial charge in [-0.2, -0.15) is 0 Å². The summed E-state index contributed by atoms with van der Waals surface area (Å²) in [6.07, 6.45) is 2.93. The van der Waals surface area contributed by atoms with Crippen molar-refractivity contribution in [2.45, 2.75) is 6.54 Å². The van der Waals surface area contributed by atoms with Gasteiger partial charge in [0.25, 0.3) is 11.8 Å². The Balaban J connectivity index is 1.50. The van der Waals surface area contributed by atoms with E-state index in [2.05, 4.69) is 10.6 Å². The molecule has 1 aliphatic rings. The number of nitrogens with one attached hydrogen (secondary N) is 2. The summed E-state index contributed by atoms with van der Waals surface area (Å²) in [7, 11) is 2.98. The van der Waals surface area contributed by atoms with Crippen molar-refractivity contribution in [2.24, 2.45) is 0 Å². The Morgan fingerprint density at radius 3 is 2.58 bits per heavy atom. The molecule has 0 saturated heterocycles. The standard InChI is InChI=1S/C24H22N2O7/c1-29-19-8-6-16(11-21(19)30-2)23(27)26-18(12-17-4-3-9-31-17)24(28)25-13-15-5-7-20-22(10-15)33-14-32-20/h3-12H,13-14H2,1-2H3,(H,25,28)(H,26,27)/b18-12-. The molecule has 1 aliphatic heterocycles. The molecule has 0 spiro atoms. The van der Waals surface area contributed by atoms with Gasteiger partial charge in [-0.15, -0.1) is 0 Å². The highest BCUT2D eigenvalue weighted by atomic mass is 16.7. The largest absolute Gasteiger partial charge is 0.493 e. The SMILES string of the molecule is COc1ccc(C(=O)N/C(=C\c2ccco2)C(=O)NCc2ccc3c(c2)OCO3)cc1OC. The van der Waals surface area contributed by atoms with E-state index in [-0.39, 0.29) is 19.0 Å². The molecular formula is C24H22N2O7. The van der Waals surface area contributed by atoms with Gasteiger partial charge in [0, 0.05) is 18.2 Å². The van der Waals surface area contributed by atoms with Gasteiger partial charge in [-0.25, -0.2) is 0 Å². The van der Waals surface area contributed by atoms with Crippen molar-refractivity contribution in [3.8, 4) is 23.0 Å². The molecule has 0 saturated carbocycles. The van der Waals surface area contributed by atoms with Gasteiger partial charge < -0.3 is 34.0 Å². The van der Waals surface area contributed by atoms with Crippen LogP contribution in [0.4, 0.5) is 0 Å². The van der Waals surface area contributed by atoms with E-state index in [0.717, 1.165) is 5.56 Å². The third-order valence-corrected chi connectivity index (χ3v) is 4.86. The first-order chi connectivity index (χ1) is 16.1. The van der Waals surface area contributed by atoms with Crippen LogP contribution in [0.1, 0.15) is 21.7 Å². The molecular weight excluding hydrogens is 428 g/mol. The van der Waals surface area contributed by atoms with E-state index >= 15 is 0 Å². The minimum atomic E-state index is -0.494.